The lowest BCUT2D eigenvalue weighted by molar-refractivity contribution is 0.0576. The number of aryl methyl sites for hydroxylation is 1. The topological polar surface area (TPSA) is 108 Å². The van der Waals surface area contributed by atoms with Crippen LogP contribution in [0.15, 0.2) is 78.9 Å². The van der Waals surface area contributed by atoms with Gasteiger partial charge >= 0.3 is 6.03 Å². The Bertz CT molecular complexity index is 1600. The normalized spacial score (nSPS) is 20.5. The minimum absolute atomic E-state index is 0.0245. The van der Waals surface area contributed by atoms with Gasteiger partial charge in [0.15, 0.2) is 5.82 Å². The number of amides is 3. The van der Waals surface area contributed by atoms with E-state index >= 15 is 0 Å². The number of hydrogen-bond acceptors (Lipinski definition) is 6. The van der Waals surface area contributed by atoms with E-state index in [1.165, 1.54) is 12.1 Å². The van der Waals surface area contributed by atoms with Crippen molar-refractivity contribution in [3.63, 3.8) is 0 Å². The zero-order valence-electron chi connectivity index (χ0n) is 25.5. The number of rotatable bonds is 8. The molecule has 45 heavy (non-hydrogen) atoms. The molecule has 2 aliphatic rings. The fourth-order valence-electron chi connectivity index (χ4n) is 6.65. The molecule has 2 fully saturated rings. The van der Waals surface area contributed by atoms with Gasteiger partial charge < -0.3 is 20.4 Å². The summed E-state index contributed by atoms with van der Waals surface area (Å²) in [6, 6.07) is 23.0. The average Bonchev–Trinajstić information content (AvgIpc) is 3.49. The van der Waals surface area contributed by atoms with Crippen LogP contribution in [0.2, 0.25) is 0 Å². The van der Waals surface area contributed by atoms with E-state index in [2.05, 4.69) is 31.1 Å². The quantitative estimate of drug-likeness (QED) is 0.302. The lowest BCUT2D eigenvalue weighted by Gasteiger charge is -2.42. The third-order valence-electron chi connectivity index (χ3n) is 8.91. The molecular formula is C34H39FN8O2. The molecule has 3 aromatic carbocycles. The highest BCUT2D eigenvalue weighted by Gasteiger charge is 2.35. The second kappa shape index (κ2) is 14.0. The molecule has 2 N–H and O–H groups in total. The lowest BCUT2D eigenvalue weighted by Crippen LogP contribution is -2.57. The summed E-state index contributed by atoms with van der Waals surface area (Å²) < 4.78 is 15.0. The van der Waals surface area contributed by atoms with Crippen molar-refractivity contribution < 1.29 is 14.0 Å². The number of nitrogens with one attached hydrogen (secondary N) is 2. The Kier molecular flexibility index (Phi) is 9.44. The summed E-state index contributed by atoms with van der Waals surface area (Å²) in [5.41, 5.74) is 3.22. The van der Waals surface area contributed by atoms with Crippen LogP contribution in [0.25, 0.3) is 11.4 Å². The molecule has 6 rings (SSSR count). The number of anilines is 1. The first-order valence-electron chi connectivity index (χ1n) is 15.6. The second-order valence-electron chi connectivity index (χ2n) is 12.2. The van der Waals surface area contributed by atoms with Crippen LogP contribution >= 0.6 is 0 Å². The fourth-order valence-corrected chi connectivity index (χ4v) is 6.65. The average molecular weight is 611 g/mol. The number of piperidine rings is 2. The summed E-state index contributed by atoms with van der Waals surface area (Å²) in [5.74, 6) is 1.04. The number of tetrazole rings is 1. The molecule has 234 valence electrons. The zero-order chi connectivity index (χ0) is 31.2. The van der Waals surface area contributed by atoms with Gasteiger partial charge in [-0.15, -0.1) is 5.10 Å². The second-order valence-corrected chi connectivity index (χ2v) is 12.2. The van der Waals surface area contributed by atoms with Crippen molar-refractivity contribution in [3.05, 3.63) is 95.8 Å². The Balaban J connectivity index is 1.13. The van der Waals surface area contributed by atoms with Gasteiger partial charge in [0.25, 0.3) is 5.91 Å². The molecule has 4 aromatic rings. The van der Waals surface area contributed by atoms with E-state index in [1.807, 2.05) is 71.6 Å². The van der Waals surface area contributed by atoms with E-state index in [0.717, 1.165) is 56.4 Å². The molecule has 0 radical (unpaired) electrons. The summed E-state index contributed by atoms with van der Waals surface area (Å²) in [6.07, 6.45) is 3.96. The number of aromatic nitrogens is 4. The molecular weight excluding hydrogens is 571 g/mol. The van der Waals surface area contributed by atoms with Crippen molar-refractivity contribution in [1.29, 1.82) is 0 Å². The molecule has 0 spiro atoms. The van der Waals surface area contributed by atoms with Crippen LogP contribution in [0, 0.1) is 17.7 Å². The predicted molar refractivity (Wildman–Crippen MR) is 170 cm³/mol. The molecule has 10 nitrogen and oxygen atoms in total. The number of carbonyl (C=O) groups is 2. The zero-order valence-corrected chi connectivity index (χ0v) is 25.5. The number of urea groups is 1. The molecule has 3 heterocycles. The Morgan fingerprint density at radius 1 is 0.956 bits per heavy atom. The van der Waals surface area contributed by atoms with E-state index in [4.69, 9.17) is 0 Å². The van der Waals surface area contributed by atoms with E-state index in [0.29, 0.717) is 36.1 Å². The van der Waals surface area contributed by atoms with Crippen LogP contribution < -0.4 is 10.6 Å². The highest BCUT2D eigenvalue weighted by atomic mass is 19.1. The highest BCUT2D eigenvalue weighted by molar-refractivity contribution is 5.94. The van der Waals surface area contributed by atoms with Crippen molar-refractivity contribution in [2.75, 3.05) is 38.0 Å². The molecule has 11 heteroatoms. The number of likely N-dealkylation sites (tertiary alicyclic amines) is 2. The van der Waals surface area contributed by atoms with E-state index in [-0.39, 0.29) is 29.7 Å². The van der Waals surface area contributed by atoms with Gasteiger partial charge in [0.1, 0.15) is 5.82 Å². The third-order valence-corrected chi connectivity index (χ3v) is 8.91. The monoisotopic (exact) mass is 610 g/mol. The number of halogens is 1. The maximum atomic E-state index is 13.4. The van der Waals surface area contributed by atoms with Gasteiger partial charge in [0.05, 0.1) is 6.04 Å². The summed E-state index contributed by atoms with van der Waals surface area (Å²) >= 11 is 0. The Morgan fingerprint density at radius 2 is 1.78 bits per heavy atom. The van der Waals surface area contributed by atoms with E-state index in [9.17, 15) is 14.0 Å². The molecule has 1 aromatic heterocycles. The maximum Gasteiger partial charge on any atom is 0.319 e. The van der Waals surface area contributed by atoms with Crippen molar-refractivity contribution in [3.8, 4) is 11.4 Å². The minimum Gasteiger partial charge on any atom is -0.337 e. The molecule has 2 saturated heterocycles. The van der Waals surface area contributed by atoms with Gasteiger partial charge in [0.2, 0.25) is 0 Å². The van der Waals surface area contributed by atoms with Crippen LogP contribution in [-0.2, 0) is 13.5 Å². The van der Waals surface area contributed by atoms with E-state index < -0.39 is 0 Å². The number of benzene rings is 3. The van der Waals surface area contributed by atoms with Crippen LogP contribution in [0.5, 0.6) is 0 Å². The van der Waals surface area contributed by atoms with Crippen molar-refractivity contribution >= 4 is 17.6 Å². The largest absolute Gasteiger partial charge is 0.337 e. The highest BCUT2D eigenvalue weighted by Crippen LogP contribution is 2.26. The molecule has 3 amide bonds. The van der Waals surface area contributed by atoms with Crippen LogP contribution in [-0.4, -0.2) is 80.7 Å². The fraction of sp³-hybridized carbons (Fsp3) is 0.382. The molecule has 2 aliphatic heterocycles. The van der Waals surface area contributed by atoms with Crippen molar-refractivity contribution in [2.45, 2.75) is 31.7 Å². The van der Waals surface area contributed by atoms with Gasteiger partial charge in [-0.2, -0.15) is 0 Å². The smallest absolute Gasteiger partial charge is 0.319 e. The van der Waals surface area contributed by atoms with Crippen LogP contribution in [0.3, 0.4) is 0 Å². The van der Waals surface area contributed by atoms with E-state index in [1.54, 1.807) is 11.7 Å². The molecule has 0 saturated carbocycles. The molecule has 3 atom stereocenters. The van der Waals surface area contributed by atoms with Crippen molar-refractivity contribution in [2.24, 2.45) is 18.9 Å². The minimum atomic E-state index is -0.319. The Hall–Kier alpha value is -4.64. The third kappa shape index (κ3) is 7.72. The first kappa shape index (κ1) is 30.4. The molecule has 0 aliphatic carbocycles. The summed E-state index contributed by atoms with van der Waals surface area (Å²) in [4.78, 5) is 31.1. The standard InChI is InChI=1S/C34H39FN8O2/c1-41-32(38-39-40-41)27-10-5-11-30(20-27)36-34(45)37-31-23-43(33(44)26-8-3-2-4-9-26)18-16-28(31)22-42-17-6-7-25(21-42)19-24-12-14-29(35)15-13-24/h2-5,8-15,20,25,28,31H,6-7,16-19,21-23H2,1H3,(H2,36,37,45)/t25?,28-,31-/m0/s1. The number of hydrogen-bond donors (Lipinski definition) is 2. The van der Waals surface area contributed by atoms with Gasteiger partial charge in [-0.1, -0.05) is 42.5 Å². The summed E-state index contributed by atoms with van der Waals surface area (Å²) in [5, 5.41) is 17.9. The molecule has 0 bridgehead atoms. The lowest BCUT2D eigenvalue weighted by atomic mass is 9.87. The summed E-state index contributed by atoms with van der Waals surface area (Å²) in [6.45, 7) is 3.88. The first-order chi connectivity index (χ1) is 21.9. The Morgan fingerprint density at radius 3 is 2.56 bits per heavy atom. The van der Waals surface area contributed by atoms with Gasteiger partial charge in [-0.25, -0.2) is 13.9 Å². The predicted octanol–water partition coefficient (Wildman–Crippen LogP) is 4.62. The van der Waals surface area contributed by atoms with Gasteiger partial charge in [-0.05, 0) is 96.5 Å². The number of carbonyl (C=O) groups excluding carboxylic acids is 2. The first-order valence-corrected chi connectivity index (χ1v) is 15.6. The van der Waals surface area contributed by atoms with Crippen molar-refractivity contribution in [1.82, 2.24) is 35.3 Å². The molecule has 1 unspecified atom stereocenters. The van der Waals surface area contributed by atoms with Gasteiger partial charge in [-0.3, -0.25) is 4.79 Å². The SMILES string of the molecule is Cn1nnnc1-c1cccc(NC(=O)N[C@H]2CN(C(=O)c3ccccc3)CC[C@H]2CN2CCCC(Cc3ccc(F)cc3)C2)c1. The van der Waals surface area contributed by atoms with Crippen LogP contribution in [0.4, 0.5) is 14.9 Å². The maximum absolute atomic E-state index is 13.4. The Labute approximate surface area is 262 Å². The van der Waals surface area contributed by atoms with Crippen LogP contribution in [0.1, 0.15) is 35.2 Å². The number of nitrogens with zero attached hydrogens (tertiary/aromatic N) is 6. The summed E-state index contributed by atoms with van der Waals surface area (Å²) in [7, 11) is 1.77. The van der Waals surface area contributed by atoms with Gasteiger partial charge in [0, 0.05) is 50.0 Å².